The first kappa shape index (κ1) is 13.0. The summed E-state index contributed by atoms with van der Waals surface area (Å²) in [5, 5.41) is 0. The minimum atomic E-state index is 0.878. The molecule has 0 aromatic rings. The van der Waals surface area contributed by atoms with E-state index in [0.717, 1.165) is 6.04 Å². The van der Waals surface area contributed by atoms with E-state index in [1.807, 2.05) is 13.8 Å². The van der Waals surface area contributed by atoms with Crippen LogP contribution in [0.4, 0.5) is 0 Å². The van der Waals surface area contributed by atoms with Gasteiger partial charge in [0.15, 0.2) is 0 Å². The molecule has 0 aliphatic carbocycles. The molecule has 0 aromatic heterocycles. The highest BCUT2D eigenvalue weighted by atomic mass is 15.2. The first-order valence-electron chi connectivity index (χ1n) is 6.79. The smallest absolute Gasteiger partial charge is 0.0235 e. The zero-order valence-electron chi connectivity index (χ0n) is 10.8. The van der Waals surface area contributed by atoms with E-state index in [0.29, 0.717) is 0 Å². The highest BCUT2D eigenvalue weighted by Gasteiger charge is 2.25. The van der Waals surface area contributed by atoms with Gasteiger partial charge in [-0.15, -0.1) is 0 Å². The SMILES string of the molecule is CC.CN1CCC(N2CCCCCC2)C1. The van der Waals surface area contributed by atoms with Crippen molar-refractivity contribution in [3.8, 4) is 0 Å². The molecular weight excluding hydrogens is 184 g/mol. The molecule has 1 atom stereocenters. The molecule has 2 saturated heterocycles. The zero-order valence-corrected chi connectivity index (χ0v) is 10.8. The fraction of sp³-hybridized carbons (Fsp3) is 1.00. The Hall–Kier alpha value is -0.0800. The van der Waals surface area contributed by atoms with Crippen molar-refractivity contribution in [2.75, 3.05) is 33.2 Å². The second-order valence-electron chi connectivity index (χ2n) is 4.65. The molecule has 0 aromatic carbocycles. The Balaban J connectivity index is 0.000000531. The van der Waals surface area contributed by atoms with Crippen LogP contribution < -0.4 is 0 Å². The van der Waals surface area contributed by atoms with E-state index in [1.54, 1.807) is 0 Å². The number of hydrogen-bond acceptors (Lipinski definition) is 2. The lowest BCUT2D eigenvalue weighted by molar-refractivity contribution is 0.205. The van der Waals surface area contributed by atoms with E-state index in [-0.39, 0.29) is 0 Å². The van der Waals surface area contributed by atoms with Gasteiger partial charge in [0.05, 0.1) is 0 Å². The number of likely N-dealkylation sites (tertiary alicyclic amines) is 2. The van der Waals surface area contributed by atoms with Crippen LogP contribution in [-0.2, 0) is 0 Å². The third kappa shape index (κ3) is 4.12. The van der Waals surface area contributed by atoms with Crippen molar-refractivity contribution < 1.29 is 0 Å². The van der Waals surface area contributed by atoms with Gasteiger partial charge in [-0.3, -0.25) is 4.90 Å². The van der Waals surface area contributed by atoms with Gasteiger partial charge in [-0.05, 0) is 45.9 Å². The zero-order chi connectivity index (χ0) is 11.1. The molecule has 2 rings (SSSR count). The fourth-order valence-electron chi connectivity index (χ4n) is 2.67. The summed E-state index contributed by atoms with van der Waals surface area (Å²) >= 11 is 0. The Labute approximate surface area is 95.6 Å². The minimum Gasteiger partial charge on any atom is -0.305 e. The molecule has 15 heavy (non-hydrogen) atoms. The lowest BCUT2D eigenvalue weighted by Crippen LogP contribution is -2.37. The van der Waals surface area contributed by atoms with Crippen LogP contribution in [-0.4, -0.2) is 49.1 Å². The molecule has 2 nitrogen and oxygen atoms in total. The highest BCUT2D eigenvalue weighted by molar-refractivity contribution is 4.82. The minimum absolute atomic E-state index is 0.878. The average molecular weight is 212 g/mol. The predicted molar refractivity (Wildman–Crippen MR) is 67.3 cm³/mol. The molecule has 0 spiro atoms. The predicted octanol–water partition coefficient (Wildman–Crippen LogP) is 2.59. The molecule has 90 valence electrons. The molecule has 2 heteroatoms. The van der Waals surface area contributed by atoms with Gasteiger partial charge >= 0.3 is 0 Å². The quantitative estimate of drug-likeness (QED) is 0.659. The molecule has 0 saturated carbocycles. The Morgan fingerprint density at radius 3 is 1.93 bits per heavy atom. The van der Waals surface area contributed by atoms with Crippen LogP contribution in [0.1, 0.15) is 46.0 Å². The van der Waals surface area contributed by atoms with Crippen LogP contribution in [0.3, 0.4) is 0 Å². The van der Waals surface area contributed by atoms with Crippen molar-refractivity contribution >= 4 is 0 Å². The number of hydrogen-bond donors (Lipinski definition) is 0. The second-order valence-corrected chi connectivity index (χ2v) is 4.65. The van der Waals surface area contributed by atoms with Gasteiger partial charge in [0.2, 0.25) is 0 Å². The van der Waals surface area contributed by atoms with Gasteiger partial charge in [0.25, 0.3) is 0 Å². The van der Waals surface area contributed by atoms with Crippen LogP contribution in [0.2, 0.25) is 0 Å². The maximum Gasteiger partial charge on any atom is 0.0235 e. The van der Waals surface area contributed by atoms with Gasteiger partial charge in [-0.1, -0.05) is 26.7 Å². The number of nitrogens with zero attached hydrogens (tertiary/aromatic N) is 2. The molecule has 2 aliphatic rings. The lowest BCUT2D eigenvalue weighted by Gasteiger charge is -2.26. The third-order valence-corrected chi connectivity index (χ3v) is 3.52. The number of rotatable bonds is 1. The molecule has 2 fully saturated rings. The summed E-state index contributed by atoms with van der Waals surface area (Å²) in [7, 11) is 2.25. The summed E-state index contributed by atoms with van der Waals surface area (Å²) in [6.45, 7) is 9.33. The van der Waals surface area contributed by atoms with Crippen LogP contribution in [0.25, 0.3) is 0 Å². The van der Waals surface area contributed by atoms with Crippen molar-refractivity contribution in [2.45, 2.75) is 52.0 Å². The van der Waals surface area contributed by atoms with Gasteiger partial charge in [-0.2, -0.15) is 0 Å². The molecule has 2 heterocycles. The first-order chi connectivity index (χ1) is 7.36. The van der Waals surface area contributed by atoms with Crippen LogP contribution in [0.5, 0.6) is 0 Å². The Bertz CT molecular complexity index is 151. The summed E-state index contributed by atoms with van der Waals surface area (Å²) < 4.78 is 0. The standard InChI is InChI=1S/C11H22N2.C2H6/c1-12-9-6-11(10-12)13-7-4-2-3-5-8-13;1-2/h11H,2-10H2,1H3;1-2H3. The van der Waals surface area contributed by atoms with Gasteiger partial charge in [0.1, 0.15) is 0 Å². The maximum absolute atomic E-state index is 2.73. The van der Waals surface area contributed by atoms with Crippen LogP contribution >= 0.6 is 0 Å². The Morgan fingerprint density at radius 1 is 0.867 bits per heavy atom. The number of likely N-dealkylation sites (N-methyl/N-ethyl adjacent to an activating group) is 1. The molecule has 0 N–H and O–H groups in total. The molecule has 0 amide bonds. The molecular formula is C13H28N2. The van der Waals surface area contributed by atoms with E-state index in [9.17, 15) is 0 Å². The summed E-state index contributed by atoms with van der Waals surface area (Å²) in [4.78, 5) is 5.20. The van der Waals surface area contributed by atoms with Gasteiger partial charge < -0.3 is 4.90 Å². The first-order valence-corrected chi connectivity index (χ1v) is 6.79. The van der Waals surface area contributed by atoms with Crippen molar-refractivity contribution in [3.63, 3.8) is 0 Å². The topological polar surface area (TPSA) is 6.48 Å². The highest BCUT2D eigenvalue weighted by Crippen LogP contribution is 2.18. The molecule has 1 unspecified atom stereocenters. The average Bonchev–Trinajstić information content (AvgIpc) is 2.57. The summed E-state index contributed by atoms with van der Waals surface area (Å²) in [6.07, 6.45) is 7.18. The van der Waals surface area contributed by atoms with Crippen molar-refractivity contribution in [1.82, 2.24) is 9.80 Å². The van der Waals surface area contributed by atoms with E-state index >= 15 is 0 Å². The normalized spacial score (nSPS) is 29.4. The van der Waals surface area contributed by atoms with Gasteiger partial charge in [0, 0.05) is 12.6 Å². The second kappa shape index (κ2) is 7.24. The summed E-state index contributed by atoms with van der Waals surface area (Å²) in [6, 6.07) is 0.878. The Kier molecular flexibility index (Phi) is 6.26. The maximum atomic E-state index is 2.73. The monoisotopic (exact) mass is 212 g/mol. The largest absolute Gasteiger partial charge is 0.305 e. The van der Waals surface area contributed by atoms with Crippen LogP contribution in [0.15, 0.2) is 0 Å². The van der Waals surface area contributed by atoms with Crippen molar-refractivity contribution in [3.05, 3.63) is 0 Å². The fourth-order valence-corrected chi connectivity index (χ4v) is 2.67. The molecule has 2 aliphatic heterocycles. The van der Waals surface area contributed by atoms with E-state index < -0.39 is 0 Å². The molecule has 0 radical (unpaired) electrons. The van der Waals surface area contributed by atoms with Crippen molar-refractivity contribution in [1.29, 1.82) is 0 Å². The van der Waals surface area contributed by atoms with Crippen LogP contribution in [0, 0.1) is 0 Å². The van der Waals surface area contributed by atoms with E-state index in [1.165, 1.54) is 58.3 Å². The summed E-state index contributed by atoms with van der Waals surface area (Å²) in [5.74, 6) is 0. The summed E-state index contributed by atoms with van der Waals surface area (Å²) in [5.41, 5.74) is 0. The molecule has 0 bridgehead atoms. The van der Waals surface area contributed by atoms with Crippen molar-refractivity contribution in [2.24, 2.45) is 0 Å². The Morgan fingerprint density at radius 2 is 1.47 bits per heavy atom. The van der Waals surface area contributed by atoms with E-state index in [4.69, 9.17) is 0 Å². The van der Waals surface area contributed by atoms with E-state index in [2.05, 4.69) is 16.8 Å². The lowest BCUT2D eigenvalue weighted by atomic mass is 10.2. The van der Waals surface area contributed by atoms with Gasteiger partial charge in [-0.25, -0.2) is 0 Å². The third-order valence-electron chi connectivity index (χ3n) is 3.52.